The zero-order valence-corrected chi connectivity index (χ0v) is 11.5. The fourth-order valence-corrected chi connectivity index (χ4v) is 2.01. The molecule has 0 bridgehead atoms. The summed E-state index contributed by atoms with van der Waals surface area (Å²) in [6.45, 7) is 5.30. The highest BCUT2D eigenvalue weighted by Gasteiger charge is 2.16. The molecule has 1 N–H and O–H groups in total. The van der Waals surface area contributed by atoms with E-state index in [-0.39, 0.29) is 18.1 Å². The molecule has 1 amide bonds. The van der Waals surface area contributed by atoms with Crippen molar-refractivity contribution in [3.05, 3.63) is 29.8 Å². The minimum Gasteiger partial charge on any atom is -0.491 e. The van der Waals surface area contributed by atoms with Crippen LogP contribution in [0.5, 0.6) is 5.75 Å². The van der Waals surface area contributed by atoms with Crippen molar-refractivity contribution in [2.24, 2.45) is 0 Å². The largest absolute Gasteiger partial charge is 0.491 e. The summed E-state index contributed by atoms with van der Waals surface area (Å²) in [5, 5.41) is 2.86. The zero-order valence-electron chi connectivity index (χ0n) is 11.5. The quantitative estimate of drug-likeness (QED) is 0.887. The molecule has 1 heterocycles. The zero-order chi connectivity index (χ0) is 13.7. The predicted octanol–water partition coefficient (Wildman–Crippen LogP) is 2.38. The minimum atomic E-state index is -0.0549. The Morgan fingerprint density at radius 1 is 1.42 bits per heavy atom. The molecule has 1 fully saturated rings. The number of amides is 1. The molecule has 1 unspecified atom stereocenters. The van der Waals surface area contributed by atoms with Crippen LogP contribution in [-0.2, 0) is 4.74 Å². The SMILES string of the molecule is CC(C)NC(=O)c1ccc(OCC2CCCO2)cc1. The molecule has 2 rings (SSSR count). The summed E-state index contributed by atoms with van der Waals surface area (Å²) < 4.78 is 11.1. The van der Waals surface area contributed by atoms with E-state index in [0.717, 1.165) is 25.2 Å². The molecule has 4 nitrogen and oxygen atoms in total. The summed E-state index contributed by atoms with van der Waals surface area (Å²) in [7, 11) is 0. The van der Waals surface area contributed by atoms with Gasteiger partial charge in [-0.15, -0.1) is 0 Å². The van der Waals surface area contributed by atoms with Crippen LogP contribution in [0.4, 0.5) is 0 Å². The maximum atomic E-state index is 11.8. The monoisotopic (exact) mass is 263 g/mol. The molecule has 1 aromatic carbocycles. The third kappa shape index (κ3) is 4.24. The van der Waals surface area contributed by atoms with E-state index >= 15 is 0 Å². The number of carbonyl (C=O) groups is 1. The molecule has 0 aliphatic carbocycles. The molecule has 1 aromatic rings. The maximum Gasteiger partial charge on any atom is 0.251 e. The standard InChI is InChI=1S/C15H21NO3/c1-11(2)16-15(17)12-5-7-13(8-6-12)19-10-14-4-3-9-18-14/h5-8,11,14H,3-4,9-10H2,1-2H3,(H,16,17). The van der Waals surface area contributed by atoms with Crippen molar-refractivity contribution in [1.82, 2.24) is 5.32 Å². The van der Waals surface area contributed by atoms with Crippen molar-refractivity contribution in [3.8, 4) is 5.75 Å². The Kier molecular flexibility index (Phi) is 4.80. The highest BCUT2D eigenvalue weighted by molar-refractivity contribution is 5.94. The van der Waals surface area contributed by atoms with Gasteiger partial charge in [-0.25, -0.2) is 0 Å². The second-order valence-corrected chi connectivity index (χ2v) is 5.10. The van der Waals surface area contributed by atoms with Crippen molar-refractivity contribution in [1.29, 1.82) is 0 Å². The lowest BCUT2D eigenvalue weighted by molar-refractivity contribution is 0.0679. The topological polar surface area (TPSA) is 47.6 Å². The first kappa shape index (κ1) is 13.9. The summed E-state index contributed by atoms with van der Waals surface area (Å²) in [6.07, 6.45) is 2.39. The van der Waals surface area contributed by atoms with E-state index < -0.39 is 0 Å². The van der Waals surface area contributed by atoms with Crippen molar-refractivity contribution in [2.45, 2.75) is 38.8 Å². The van der Waals surface area contributed by atoms with Crippen LogP contribution in [0.3, 0.4) is 0 Å². The number of benzene rings is 1. The van der Waals surface area contributed by atoms with E-state index in [9.17, 15) is 4.79 Å². The Hall–Kier alpha value is -1.55. The molecule has 1 aliphatic rings. The molecule has 1 saturated heterocycles. The Morgan fingerprint density at radius 3 is 2.74 bits per heavy atom. The van der Waals surface area contributed by atoms with Gasteiger partial charge >= 0.3 is 0 Å². The van der Waals surface area contributed by atoms with Crippen LogP contribution in [0.2, 0.25) is 0 Å². The predicted molar refractivity (Wildman–Crippen MR) is 73.5 cm³/mol. The molecule has 0 saturated carbocycles. The molecular formula is C15H21NO3. The van der Waals surface area contributed by atoms with Crippen molar-refractivity contribution in [2.75, 3.05) is 13.2 Å². The van der Waals surface area contributed by atoms with Crippen molar-refractivity contribution in [3.63, 3.8) is 0 Å². The van der Waals surface area contributed by atoms with Crippen LogP contribution >= 0.6 is 0 Å². The van der Waals surface area contributed by atoms with Gasteiger partial charge in [0.1, 0.15) is 12.4 Å². The molecule has 0 spiro atoms. The van der Waals surface area contributed by atoms with Gasteiger partial charge in [0.25, 0.3) is 5.91 Å². The fraction of sp³-hybridized carbons (Fsp3) is 0.533. The Morgan fingerprint density at radius 2 is 2.16 bits per heavy atom. The second-order valence-electron chi connectivity index (χ2n) is 5.10. The number of nitrogens with one attached hydrogen (secondary N) is 1. The van der Waals surface area contributed by atoms with Gasteiger partial charge in [-0.2, -0.15) is 0 Å². The Balaban J connectivity index is 1.85. The molecule has 4 heteroatoms. The summed E-state index contributed by atoms with van der Waals surface area (Å²) in [6, 6.07) is 7.35. The molecule has 19 heavy (non-hydrogen) atoms. The lowest BCUT2D eigenvalue weighted by Gasteiger charge is -2.12. The molecular weight excluding hydrogens is 242 g/mol. The van der Waals surface area contributed by atoms with Gasteiger partial charge in [0.15, 0.2) is 0 Å². The summed E-state index contributed by atoms with van der Waals surface area (Å²) in [5.74, 6) is 0.720. The average Bonchev–Trinajstić information content (AvgIpc) is 2.89. The van der Waals surface area contributed by atoms with Crippen LogP contribution in [0.15, 0.2) is 24.3 Å². The molecule has 0 radical (unpaired) electrons. The van der Waals surface area contributed by atoms with E-state index in [1.54, 1.807) is 12.1 Å². The van der Waals surface area contributed by atoms with Gasteiger partial charge < -0.3 is 14.8 Å². The highest BCUT2D eigenvalue weighted by Crippen LogP contribution is 2.16. The molecule has 1 atom stereocenters. The van der Waals surface area contributed by atoms with Crippen molar-refractivity contribution >= 4 is 5.91 Å². The number of carbonyl (C=O) groups excluding carboxylic acids is 1. The number of hydrogen-bond donors (Lipinski definition) is 1. The Bertz CT molecular complexity index is 408. The lowest BCUT2D eigenvalue weighted by atomic mass is 10.2. The minimum absolute atomic E-state index is 0.0549. The van der Waals surface area contributed by atoms with Crippen LogP contribution in [-0.4, -0.2) is 31.3 Å². The molecule has 1 aliphatic heterocycles. The first-order chi connectivity index (χ1) is 9.15. The highest BCUT2D eigenvalue weighted by atomic mass is 16.5. The summed E-state index contributed by atoms with van der Waals surface area (Å²) >= 11 is 0. The lowest BCUT2D eigenvalue weighted by Crippen LogP contribution is -2.29. The third-order valence-corrected chi connectivity index (χ3v) is 3.00. The third-order valence-electron chi connectivity index (χ3n) is 3.00. The fourth-order valence-electron chi connectivity index (χ4n) is 2.01. The van der Waals surface area contributed by atoms with Crippen molar-refractivity contribution < 1.29 is 14.3 Å². The average molecular weight is 263 g/mol. The summed E-state index contributed by atoms with van der Waals surface area (Å²) in [4.78, 5) is 11.8. The van der Waals surface area contributed by atoms with Crippen LogP contribution < -0.4 is 10.1 Å². The number of ether oxygens (including phenoxy) is 2. The maximum absolute atomic E-state index is 11.8. The summed E-state index contributed by atoms with van der Waals surface area (Å²) in [5.41, 5.74) is 0.651. The normalized spacial score (nSPS) is 18.6. The van der Waals surface area contributed by atoms with Gasteiger partial charge in [0, 0.05) is 18.2 Å². The van der Waals surface area contributed by atoms with Gasteiger partial charge in [-0.05, 0) is 51.0 Å². The first-order valence-electron chi connectivity index (χ1n) is 6.80. The Labute approximate surface area is 114 Å². The molecule has 0 aromatic heterocycles. The van der Waals surface area contributed by atoms with Gasteiger partial charge in [-0.3, -0.25) is 4.79 Å². The van der Waals surface area contributed by atoms with E-state index in [2.05, 4.69) is 5.32 Å². The van der Waals surface area contributed by atoms with Crippen LogP contribution in [0.25, 0.3) is 0 Å². The van der Waals surface area contributed by atoms with E-state index in [1.165, 1.54) is 0 Å². The van der Waals surface area contributed by atoms with Crippen LogP contribution in [0, 0.1) is 0 Å². The van der Waals surface area contributed by atoms with Crippen LogP contribution in [0.1, 0.15) is 37.0 Å². The first-order valence-corrected chi connectivity index (χ1v) is 6.80. The smallest absolute Gasteiger partial charge is 0.251 e. The number of rotatable bonds is 5. The second kappa shape index (κ2) is 6.57. The van der Waals surface area contributed by atoms with Gasteiger partial charge in [0.05, 0.1) is 6.10 Å². The van der Waals surface area contributed by atoms with E-state index in [4.69, 9.17) is 9.47 Å². The van der Waals surface area contributed by atoms with E-state index in [1.807, 2.05) is 26.0 Å². The number of hydrogen-bond acceptors (Lipinski definition) is 3. The van der Waals surface area contributed by atoms with Gasteiger partial charge in [-0.1, -0.05) is 0 Å². The van der Waals surface area contributed by atoms with Gasteiger partial charge in [0.2, 0.25) is 0 Å². The van der Waals surface area contributed by atoms with E-state index in [0.29, 0.717) is 12.2 Å². The molecule has 104 valence electrons.